The summed E-state index contributed by atoms with van der Waals surface area (Å²) in [6, 6.07) is 13.6. The van der Waals surface area contributed by atoms with Gasteiger partial charge in [-0.2, -0.15) is 18.3 Å². The maximum Gasteiger partial charge on any atom is 0.416 e. The number of anilines is 1. The molecule has 2 aromatic rings. The fourth-order valence-electron chi connectivity index (χ4n) is 1.71. The summed E-state index contributed by atoms with van der Waals surface area (Å²) in [6.45, 7) is 0.0361. The van der Waals surface area contributed by atoms with E-state index >= 15 is 0 Å². The lowest BCUT2D eigenvalue weighted by Crippen LogP contribution is -2.25. The van der Waals surface area contributed by atoms with E-state index in [1.165, 1.54) is 18.3 Å². The van der Waals surface area contributed by atoms with E-state index in [1.54, 1.807) is 0 Å². The fourth-order valence-corrected chi connectivity index (χ4v) is 1.71. The minimum Gasteiger partial charge on any atom is -0.376 e. The number of hydrogen-bond acceptors (Lipinski definition) is 3. The van der Waals surface area contributed by atoms with Crippen molar-refractivity contribution < 1.29 is 18.0 Å². The zero-order valence-electron chi connectivity index (χ0n) is 12.0. The average molecular weight is 321 g/mol. The predicted octanol–water partition coefficient (Wildman–Crippen LogP) is 3.27. The van der Waals surface area contributed by atoms with Crippen LogP contribution in [-0.2, 0) is 11.0 Å². The van der Waals surface area contributed by atoms with Crippen molar-refractivity contribution in [3.05, 3.63) is 65.7 Å². The van der Waals surface area contributed by atoms with E-state index < -0.39 is 11.7 Å². The van der Waals surface area contributed by atoms with Crippen LogP contribution >= 0.6 is 0 Å². The van der Waals surface area contributed by atoms with Gasteiger partial charge < -0.3 is 5.32 Å². The summed E-state index contributed by atoms with van der Waals surface area (Å²) in [5.74, 6) is -0.364. The number of benzene rings is 2. The molecule has 4 nitrogen and oxygen atoms in total. The Kier molecular flexibility index (Phi) is 5.35. The normalized spacial score (nSPS) is 11.4. The lowest BCUT2D eigenvalue weighted by atomic mass is 10.1. The number of carbonyl (C=O) groups excluding carboxylic acids is 1. The summed E-state index contributed by atoms with van der Waals surface area (Å²) < 4.78 is 37.2. The molecule has 2 N–H and O–H groups in total. The van der Waals surface area contributed by atoms with Gasteiger partial charge in [-0.1, -0.05) is 30.3 Å². The zero-order valence-corrected chi connectivity index (χ0v) is 12.0. The van der Waals surface area contributed by atoms with Crippen LogP contribution in [0.15, 0.2) is 59.7 Å². The van der Waals surface area contributed by atoms with Gasteiger partial charge in [0.2, 0.25) is 0 Å². The molecule has 0 bridgehead atoms. The summed E-state index contributed by atoms with van der Waals surface area (Å²) in [7, 11) is 0. The Morgan fingerprint density at radius 1 is 1.04 bits per heavy atom. The molecule has 0 saturated heterocycles. The van der Waals surface area contributed by atoms with E-state index in [0.717, 1.165) is 17.8 Å². The highest BCUT2D eigenvalue weighted by Crippen LogP contribution is 2.28. The third kappa shape index (κ3) is 5.46. The van der Waals surface area contributed by atoms with Crippen LogP contribution in [0.5, 0.6) is 0 Å². The van der Waals surface area contributed by atoms with Gasteiger partial charge in [-0.3, -0.25) is 4.79 Å². The quantitative estimate of drug-likeness (QED) is 0.656. The van der Waals surface area contributed by atoms with Crippen molar-refractivity contribution in [2.75, 3.05) is 11.9 Å². The molecule has 0 unspecified atom stereocenters. The third-order valence-corrected chi connectivity index (χ3v) is 2.87. The molecule has 7 heteroatoms. The molecule has 23 heavy (non-hydrogen) atoms. The molecule has 0 aromatic heterocycles. The van der Waals surface area contributed by atoms with Crippen LogP contribution in [0.25, 0.3) is 0 Å². The molecule has 0 aliphatic heterocycles. The predicted molar refractivity (Wildman–Crippen MR) is 82.1 cm³/mol. The van der Waals surface area contributed by atoms with Crippen LogP contribution in [0.3, 0.4) is 0 Å². The van der Waals surface area contributed by atoms with Crippen LogP contribution in [0.4, 0.5) is 18.9 Å². The second kappa shape index (κ2) is 7.44. The molecule has 0 spiro atoms. The first-order valence-electron chi connectivity index (χ1n) is 6.73. The first-order chi connectivity index (χ1) is 10.9. The summed E-state index contributed by atoms with van der Waals surface area (Å²) in [5, 5.41) is 6.61. The molecule has 0 saturated carbocycles. The molecule has 0 aliphatic rings. The van der Waals surface area contributed by atoms with Crippen LogP contribution in [0.2, 0.25) is 0 Å². The van der Waals surface area contributed by atoms with Crippen molar-refractivity contribution in [3.8, 4) is 0 Å². The van der Waals surface area contributed by atoms with Gasteiger partial charge in [0.1, 0.15) is 0 Å². The van der Waals surface area contributed by atoms with Gasteiger partial charge in [0.05, 0.1) is 18.3 Å². The van der Waals surface area contributed by atoms with E-state index in [-0.39, 0.29) is 12.5 Å². The lowest BCUT2D eigenvalue weighted by Gasteiger charge is -2.06. The molecule has 2 rings (SSSR count). The molecule has 0 heterocycles. The van der Waals surface area contributed by atoms with Crippen molar-refractivity contribution in [1.82, 2.24) is 5.43 Å². The van der Waals surface area contributed by atoms with Crippen molar-refractivity contribution in [3.63, 3.8) is 0 Å². The first kappa shape index (κ1) is 16.5. The van der Waals surface area contributed by atoms with Gasteiger partial charge in [-0.25, -0.2) is 5.43 Å². The van der Waals surface area contributed by atoms with E-state index in [4.69, 9.17) is 0 Å². The Bertz CT molecular complexity index is 667. The number of alkyl halides is 3. The number of rotatable bonds is 5. The minimum atomic E-state index is -4.37. The van der Waals surface area contributed by atoms with E-state index in [9.17, 15) is 18.0 Å². The number of hydrazone groups is 1. The highest BCUT2D eigenvalue weighted by molar-refractivity contribution is 5.84. The third-order valence-electron chi connectivity index (χ3n) is 2.87. The summed E-state index contributed by atoms with van der Waals surface area (Å²) >= 11 is 0. The average Bonchev–Trinajstić information content (AvgIpc) is 2.53. The molecule has 0 fully saturated rings. The van der Waals surface area contributed by atoms with Crippen molar-refractivity contribution in [2.45, 2.75) is 6.18 Å². The highest BCUT2D eigenvalue weighted by Gasteiger charge is 2.29. The van der Waals surface area contributed by atoms with Gasteiger partial charge in [-0.05, 0) is 29.8 Å². The number of nitrogens with zero attached hydrogens (tertiary/aromatic N) is 1. The van der Waals surface area contributed by atoms with E-state index in [2.05, 4.69) is 15.8 Å². The summed E-state index contributed by atoms with van der Waals surface area (Å²) in [5.41, 5.74) is 2.81. The molecular formula is C16H14F3N3O. The largest absolute Gasteiger partial charge is 0.416 e. The van der Waals surface area contributed by atoms with Crippen molar-refractivity contribution in [2.24, 2.45) is 5.10 Å². The second-order valence-electron chi connectivity index (χ2n) is 4.63. The van der Waals surface area contributed by atoms with Crippen LogP contribution < -0.4 is 10.7 Å². The van der Waals surface area contributed by atoms with E-state index in [0.29, 0.717) is 5.56 Å². The van der Waals surface area contributed by atoms with E-state index in [1.807, 2.05) is 30.3 Å². The Morgan fingerprint density at radius 2 is 1.70 bits per heavy atom. The Morgan fingerprint density at radius 3 is 2.30 bits per heavy atom. The minimum absolute atomic E-state index is 0.0361. The van der Waals surface area contributed by atoms with Gasteiger partial charge >= 0.3 is 6.18 Å². The topological polar surface area (TPSA) is 53.5 Å². The van der Waals surface area contributed by atoms with Gasteiger partial charge in [-0.15, -0.1) is 0 Å². The molecule has 0 radical (unpaired) electrons. The van der Waals surface area contributed by atoms with Crippen molar-refractivity contribution >= 4 is 17.8 Å². The monoisotopic (exact) mass is 321 g/mol. The molecule has 1 amide bonds. The number of nitrogens with one attached hydrogen (secondary N) is 2. The van der Waals surface area contributed by atoms with Gasteiger partial charge in [0.25, 0.3) is 5.91 Å². The number of hydrogen-bond donors (Lipinski definition) is 2. The lowest BCUT2D eigenvalue weighted by molar-refractivity contribution is -0.137. The van der Waals surface area contributed by atoms with Crippen molar-refractivity contribution in [1.29, 1.82) is 0 Å². The summed E-state index contributed by atoms with van der Waals surface area (Å²) in [4.78, 5) is 11.6. The number of halogens is 3. The summed E-state index contributed by atoms with van der Waals surface area (Å²) in [6.07, 6.45) is -3.09. The molecule has 120 valence electrons. The van der Waals surface area contributed by atoms with Crippen LogP contribution in [0.1, 0.15) is 11.1 Å². The fraction of sp³-hybridized carbons (Fsp3) is 0.125. The van der Waals surface area contributed by atoms with Gasteiger partial charge in [0, 0.05) is 5.69 Å². The van der Waals surface area contributed by atoms with Crippen LogP contribution in [0, 0.1) is 0 Å². The number of para-hydroxylation sites is 1. The highest BCUT2D eigenvalue weighted by atomic mass is 19.4. The standard InChI is InChI=1S/C16H14F3N3O/c17-16(18,19)13-8-6-12(7-9-13)10-21-22-15(23)11-20-14-4-2-1-3-5-14/h1-10,20H,11H2,(H,22,23)/b21-10-. The first-order valence-corrected chi connectivity index (χ1v) is 6.73. The Labute approximate surface area is 131 Å². The molecular weight excluding hydrogens is 307 g/mol. The van der Waals surface area contributed by atoms with Crippen LogP contribution in [-0.4, -0.2) is 18.7 Å². The maximum atomic E-state index is 12.4. The molecule has 0 aliphatic carbocycles. The Hall–Kier alpha value is -2.83. The SMILES string of the molecule is O=C(CNc1ccccc1)N/N=C\c1ccc(C(F)(F)F)cc1. The number of carbonyl (C=O) groups is 1. The smallest absolute Gasteiger partial charge is 0.376 e. The zero-order chi connectivity index (χ0) is 16.7. The second-order valence-corrected chi connectivity index (χ2v) is 4.63. The number of amides is 1. The maximum absolute atomic E-state index is 12.4. The Balaban J connectivity index is 1.80. The molecule has 2 aromatic carbocycles. The molecule has 0 atom stereocenters. The van der Waals surface area contributed by atoms with Gasteiger partial charge in [0.15, 0.2) is 0 Å².